The summed E-state index contributed by atoms with van der Waals surface area (Å²) in [5, 5.41) is 0. The Morgan fingerprint density at radius 3 is 2.46 bits per heavy atom. The monoisotopic (exact) mass is 350 g/mol. The fraction of sp³-hybridized carbons (Fsp3) is 0.435. The minimum Gasteiger partial charge on any atom is -0.352 e. The fourth-order valence-corrected chi connectivity index (χ4v) is 4.40. The third-order valence-corrected chi connectivity index (χ3v) is 6.72. The molecule has 2 aliphatic rings. The summed E-state index contributed by atoms with van der Waals surface area (Å²) in [4.78, 5) is 6.82. The van der Waals surface area contributed by atoms with E-state index in [4.69, 9.17) is 0 Å². The van der Waals surface area contributed by atoms with Crippen LogP contribution in [0.5, 0.6) is 0 Å². The number of aryl methyl sites for hydroxylation is 1. The van der Waals surface area contributed by atoms with Gasteiger partial charge in [0.15, 0.2) is 0 Å². The molecule has 0 radical (unpaired) electrons. The van der Waals surface area contributed by atoms with E-state index in [-0.39, 0.29) is 11.4 Å². The van der Waals surface area contributed by atoms with Crippen LogP contribution in [-0.4, -0.2) is 18.3 Å². The van der Waals surface area contributed by atoms with E-state index in [0.717, 1.165) is 22.4 Å². The maximum Gasteiger partial charge on any atom is 0.129 e. The van der Waals surface area contributed by atoms with Crippen LogP contribution in [0.25, 0.3) is 0 Å². The molecule has 2 aromatic carbocycles. The van der Waals surface area contributed by atoms with Crippen LogP contribution >= 0.6 is 0 Å². The minimum atomic E-state index is -0.357. The van der Waals surface area contributed by atoms with Crippen molar-refractivity contribution >= 4 is 12.0 Å². The number of aliphatic imine (C=N–C) groups is 1. The van der Waals surface area contributed by atoms with Crippen LogP contribution in [0.2, 0.25) is 0 Å². The van der Waals surface area contributed by atoms with Gasteiger partial charge in [-0.15, -0.1) is 0 Å². The zero-order valence-corrected chi connectivity index (χ0v) is 16.4. The van der Waals surface area contributed by atoms with E-state index in [0.29, 0.717) is 11.5 Å². The molecule has 1 heterocycles. The van der Waals surface area contributed by atoms with Crippen molar-refractivity contribution in [2.75, 3.05) is 7.05 Å². The van der Waals surface area contributed by atoms with E-state index in [1.54, 1.807) is 0 Å². The highest BCUT2D eigenvalue weighted by Crippen LogP contribution is 2.46. The molecular formula is C23H27FN2. The molecule has 136 valence electrons. The van der Waals surface area contributed by atoms with Gasteiger partial charge in [-0.2, -0.15) is 0 Å². The average Bonchev–Trinajstić information content (AvgIpc) is 2.58. The van der Waals surface area contributed by atoms with Gasteiger partial charge in [-0.25, -0.2) is 9.38 Å². The van der Waals surface area contributed by atoms with Gasteiger partial charge in [0.05, 0.1) is 17.6 Å². The first-order valence-corrected chi connectivity index (χ1v) is 9.52. The predicted octanol–water partition coefficient (Wildman–Crippen LogP) is 5.89. The van der Waals surface area contributed by atoms with Gasteiger partial charge in [0.25, 0.3) is 0 Å². The highest BCUT2D eigenvalue weighted by Gasteiger charge is 2.39. The van der Waals surface area contributed by atoms with Crippen LogP contribution in [0.1, 0.15) is 65.5 Å². The Kier molecular flexibility index (Phi) is 3.94. The van der Waals surface area contributed by atoms with Crippen LogP contribution in [0, 0.1) is 26.6 Å². The minimum absolute atomic E-state index is 0.0922. The van der Waals surface area contributed by atoms with Crippen molar-refractivity contribution in [3.05, 3.63) is 63.5 Å². The van der Waals surface area contributed by atoms with Crippen molar-refractivity contribution in [1.29, 1.82) is 0 Å². The van der Waals surface area contributed by atoms with E-state index in [2.05, 4.69) is 42.1 Å². The number of hydrogen-bond acceptors (Lipinski definition) is 2. The SMILES string of the molecule is Cc1cc(C2(C)c3cc(C4CCC4)ccc3N=CN2C)c(C)c(C)c1F. The van der Waals surface area contributed by atoms with E-state index in [1.807, 2.05) is 33.2 Å². The Morgan fingerprint density at radius 2 is 1.81 bits per heavy atom. The molecule has 1 fully saturated rings. The molecule has 1 aliphatic heterocycles. The van der Waals surface area contributed by atoms with Gasteiger partial charge in [0.2, 0.25) is 0 Å². The smallest absolute Gasteiger partial charge is 0.129 e. The number of benzene rings is 2. The summed E-state index contributed by atoms with van der Waals surface area (Å²) in [5.74, 6) is 0.587. The molecule has 3 heteroatoms. The van der Waals surface area contributed by atoms with Gasteiger partial charge >= 0.3 is 0 Å². The summed E-state index contributed by atoms with van der Waals surface area (Å²) in [6.07, 6.45) is 5.79. The van der Waals surface area contributed by atoms with Gasteiger partial charge in [0.1, 0.15) is 5.82 Å². The third-order valence-electron chi connectivity index (χ3n) is 6.72. The second-order valence-electron chi connectivity index (χ2n) is 8.14. The topological polar surface area (TPSA) is 15.6 Å². The molecule has 4 rings (SSSR count). The molecule has 0 spiro atoms. The van der Waals surface area contributed by atoms with Crippen LogP contribution in [0.15, 0.2) is 29.3 Å². The highest BCUT2D eigenvalue weighted by atomic mass is 19.1. The van der Waals surface area contributed by atoms with Crippen molar-refractivity contribution in [3.8, 4) is 0 Å². The molecule has 0 aromatic heterocycles. The maximum atomic E-state index is 14.4. The lowest BCUT2D eigenvalue weighted by molar-refractivity contribution is 0.289. The summed E-state index contributed by atoms with van der Waals surface area (Å²) >= 11 is 0. The maximum absolute atomic E-state index is 14.4. The fourth-order valence-electron chi connectivity index (χ4n) is 4.40. The molecule has 26 heavy (non-hydrogen) atoms. The largest absolute Gasteiger partial charge is 0.352 e. The Hall–Kier alpha value is -2.16. The highest BCUT2D eigenvalue weighted by molar-refractivity contribution is 5.73. The van der Waals surface area contributed by atoms with Crippen molar-refractivity contribution < 1.29 is 4.39 Å². The Balaban J connectivity index is 1.95. The number of fused-ring (bicyclic) bond motifs is 1. The molecule has 2 aromatic rings. The molecule has 1 unspecified atom stereocenters. The van der Waals surface area contributed by atoms with E-state index in [9.17, 15) is 4.39 Å². The first-order chi connectivity index (χ1) is 12.3. The quantitative estimate of drug-likeness (QED) is 0.659. The first-order valence-electron chi connectivity index (χ1n) is 9.52. The van der Waals surface area contributed by atoms with E-state index in [1.165, 1.54) is 30.4 Å². The first kappa shape index (κ1) is 17.3. The van der Waals surface area contributed by atoms with Crippen molar-refractivity contribution in [2.45, 2.75) is 58.4 Å². The normalized spacial score (nSPS) is 22.3. The van der Waals surface area contributed by atoms with Crippen molar-refractivity contribution in [1.82, 2.24) is 4.90 Å². The molecule has 0 saturated heterocycles. The summed E-state index contributed by atoms with van der Waals surface area (Å²) in [6, 6.07) is 8.76. The molecular weight excluding hydrogens is 323 g/mol. The number of hydrogen-bond donors (Lipinski definition) is 0. The summed E-state index contributed by atoms with van der Waals surface area (Å²) in [5.41, 5.74) is 6.94. The van der Waals surface area contributed by atoms with E-state index >= 15 is 0 Å². The van der Waals surface area contributed by atoms with Crippen LogP contribution in [0.3, 0.4) is 0 Å². The van der Waals surface area contributed by atoms with Gasteiger partial charge < -0.3 is 4.90 Å². The van der Waals surface area contributed by atoms with Crippen LogP contribution < -0.4 is 0 Å². The lowest BCUT2D eigenvalue weighted by Crippen LogP contribution is -2.44. The van der Waals surface area contributed by atoms with Gasteiger partial charge in [0, 0.05) is 12.6 Å². The molecule has 0 bridgehead atoms. The zero-order chi connectivity index (χ0) is 18.6. The Morgan fingerprint density at radius 1 is 1.08 bits per heavy atom. The molecule has 0 N–H and O–H groups in total. The van der Waals surface area contributed by atoms with Crippen LogP contribution in [-0.2, 0) is 5.54 Å². The summed E-state index contributed by atoms with van der Waals surface area (Å²) < 4.78 is 14.4. The Bertz CT molecular complexity index is 911. The number of rotatable bonds is 2. The molecule has 0 amide bonds. The van der Waals surface area contributed by atoms with Gasteiger partial charge in [-0.1, -0.05) is 24.6 Å². The molecule has 2 nitrogen and oxygen atoms in total. The standard InChI is InChI=1S/C23H27FN2/c1-14-11-19(15(2)16(3)22(14)24)23(4)20-12-18(17-7-6-8-17)9-10-21(20)25-13-26(23)5/h9-13,17H,6-8H2,1-5H3. The molecule has 1 atom stereocenters. The third kappa shape index (κ3) is 2.33. The van der Waals surface area contributed by atoms with Gasteiger partial charge in [-0.05, 0) is 80.3 Å². The predicted molar refractivity (Wildman–Crippen MR) is 106 cm³/mol. The van der Waals surface area contributed by atoms with E-state index < -0.39 is 0 Å². The summed E-state index contributed by atoms with van der Waals surface area (Å²) in [6.45, 7) is 8.01. The summed E-state index contributed by atoms with van der Waals surface area (Å²) in [7, 11) is 2.07. The lowest BCUT2D eigenvalue weighted by Gasteiger charge is -2.43. The molecule has 1 aliphatic carbocycles. The van der Waals surface area contributed by atoms with Crippen molar-refractivity contribution in [3.63, 3.8) is 0 Å². The molecule has 1 saturated carbocycles. The number of nitrogens with zero attached hydrogens (tertiary/aromatic N) is 2. The lowest BCUT2D eigenvalue weighted by atomic mass is 9.74. The van der Waals surface area contributed by atoms with Crippen LogP contribution in [0.4, 0.5) is 10.1 Å². The second-order valence-corrected chi connectivity index (χ2v) is 8.14. The zero-order valence-electron chi connectivity index (χ0n) is 16.4. The second kappa shape index (κ2) is 5.94. The Labute approximate surface area is 155 Å². The number of halogens is 1. The van der Waals surface area contributed by atoms with Gasteiger partial charge in [-0.3, -0.25) is 0 Å². The van der Waals surface area contributed by atoms with Crippen molar-refractivity contribution in [2.24, 2.45) is 4.99 Å². The average molecular weight is 350 g/mol.